The minimum atomic E-state index is 0.158. The first-order valence-electron chi connectivity index (χ1n) is 8.52. The van der Waals surface area contributed by atoms with E-state index in [1.165, 1.54) is 24.0 Å². The minimum Gasteiger partial charge on any atom is -0.497 e. The van der Waals surface area contributed by atoms with E-state index in [0.29, 0.717) is 11.7 Å². The van der Waals surface area contributed by atoms with Gasteiger partial charge in [0.1, 0.15) is 11.5 Å². The number of rotatable bonds is 1. The summed E-state index contributed by atoms with van der Waals surface area (Å²) >= 11 is 0. The molecule has 0 bridgehead atoms. The van der Waals surface area contributed by atoms with Gasteiger partial charge in [0.05, 0.1) is 7.11 Å². The van der Waals surface area contributed by atoms with Gasteiger partial charge in [0.2, 0.25) is 0 Å². The van der Waals surface area contributed by atoms with Crippen molar-refractivity contribution >= 4 is 5.78 Å². The molecule has 1 saturated carbocycles. The molecule has 22 heavy (non-hydrogen) atoms. The SMILES string of the molecule is COc1ccc2c(c1)CCC1=C3CCC(=O)CC3(C)CCC12. The van der Waals surface area contributed by atoms with Crippen LogP contribution in [0.25, 0.3) is 0 Å². The second-order valence-electron chi connectivity index (χ2n) is 7.44. The second-order valence-corrected chi connectivity index (χ2v) is 7.44. The molecule has 1 fully saturated rings. The maximum atomic E-state index is 11.9. The number of fused-ring (bicyclic) bond motifs is 4. The third kappa shape index (κ3) is 2.04. The first-order valence-corrected chi connectivity index (χ1v) is 8.52. The molecule has 0 amide bonds. The fourth-order valence-electron chi connectivity index (χ4n) is 5.03. The van der Waals surface area contributed by atoms with E-state index in [1.807, 2.05) is 0 Å². The van der Waals surface area contributed by atoms with Crippen LogP contribution in [0.1, 0.15) is 62.5 Å². The molecule has 0 aliphatic heterocycles. The number of ketones is 1. The Kier molecular flexibility index (Phi) is 3.18. The van der Waals surface area contributed by atoms with Crippen molar-refractivity contribution < 1.29 is 9.53 Å². The van der Waals surface area contributed by atoms with Crippen LogP contribution in [0.5, 0.6) is 5.75 Å². The van der Waals surface area contributed by atoms with Crippen molar-refractivity contribution in [2.45, 2.75) is 57.8 Å². The Morgan fingerprint density at radius 2 is 2.05 bits per heavy atom. The number of ether oxygens (including phenoxy) is 1. The van der Waals surface area contributed by atoms with Crippen molar-refractivity contribution in [3.8, 4) is 5.75 Å². The normalized spacial score (nSPS) is 30.5. The highest BCUT2D eigenvalue weighted by Gasteiger charge is 2.43. The van der Waals surface area contributed by atoms with E-state index in [1.54, 1.807) is 18.3 Å². The summed E-state index contributed by atoms with van der Waals surface area (Å²) in [6.45, 7) is 2.33. The average molecular weight is 296 g/mol. The fourth-order valence-corrected chi connectivity index (χ4v) is 5.03. The second kappa shape index (κ2) is 4.97. The number of aryl methyl sites for hydroxylation is 1. The van der Waals surface area contributed by atoms with E-state index in [0.717, 1.165) is 37.9 Å². The lowest BCUT2D eigenvalue weighted by Gasteiger charge is -2.46. The molecule has 0 spiro atoms. The Labute approximate surface area is 132 Å². The number of methoxy groups -OCH3 is 1. The Hall–Kier alpha value is -1.57. The van der Waals surface area contributed by atoms with Crippen LogP contribution >= 0.6 is 0 Å². The van der Waals surface area contributed by atoms with Gasteiger partial charge in [-0.05, 0) is 60.8 Å². The largest absolute Gasteiger partial charge is 0.497 e. The van der Waals surface area contributed by atoms with Crippen molar-refractivity contribution in [2.75, 3.05) is 7.11 Å². The smallest absolute Gasteiger partial charge is 0.134 e. The molecule has 2 unspecified atom stereocenters. The van der Waals surface area contributed by atoms with E-state index in [-0.39, 0.29) is 5.41 Å². The van der Waals surface area contributed by atoms with Gasteiger partial charge in [0.15, 0.2) is 0 Å². The topological polar surface area (TPSA) is 26.3 Å². The Bertz CT molecular complexity index is 670. The molecule has 0 heterocycles. The van der Waals surface area contributed by atoms with Crippen LogP contribution in [0.4, 0.5) is 0 Å². The van der Waals surface area contributed by atoms with E-state index in [2.05, 4.69) is 25.1 Å². The van der Waals surface area contributed by atoms with Crippen molar-refractivity contribution in [1.29, 1.82) is 0 Å². The molecule has 1 aromatic rings. The third-order valence-corrected chi connectivity index (χ3v) is 6.15. The van der Waals surface area contributed by atoms with Gasteiger partial charge < -0.3 is 4.74 Å². The monoisotopic (exact) mass is 296 g/mol. The van der Waals surface area contributed by atoms with Crippen LogP contribution < -0.4 is 4.74 Å². The molecule has 3 aliphatic rings. The number of hydrogen-bond acceptors (Lipinski definition) is 2. The van der Waals surface area contributed by atoms with Crippen molar-refractivity contribution in [2.24, 2.45) is 5.41 Å². The van der Waals surface area contributed by atoms with E-state index >= 15 is 0 Å². The Morgan fingerprint density at radius 1 is 1.18 bits per heavy atom. The van der Waals surface area contributed by atoms with Crippen LogP contribution in [0.2, 0.25) is 0 Å². The maximum absolute atomic E-state index is 11.9. The van der Waals surface area contributed by atoms with E-state index in [4.69, 9.17) is 4.74 Å². The van der Waals surface area contributed by atoms with Gasteiger partial charge in [-0.3, -0.25) is 4.79 Å². The zero-order valence-corrected chi connectivity index (χ0v) is 13.6. The molecule has 0 radical (unpaired) electrons. The number of allylic oxidation sites excluding steroid dienone is 2. The van der Waals surface area contributed by atoms with Crippen LogP contribution in [0.15, 0.2) is 29.3 Å². The van der Waals surface area contributed by atoms with Gasteiger partial charge in [0, 0.05) is 18.8 Å². The van der Waals surface area contributed by atoms with Gasteiger partial charge >= 0.3 is 0 Å². The molecule has 4 rings (SSSR count). The summed E-state index contributed by atoms with van der Waals surface area (Å²) in [6.07, 6.45) is 7.18. The summed E-state index contributed by atoms with van der Waals surface area (Å²) in [5.41, 5.74) is 6.42. The summed E-state index contributed by atoms with van der Waals surface area (Å²) in [5, 5.41) is 0. The zero-order valence-electron chi connectivity index (χ0n) is 13.6. The minimum absolute atomic E-state index is 0.158. The molecule has 2 heteroatoms. The van der Waals surface area contributed by atoms with E-state index < -0.39 is 0 Å². The lowest BCUT2D eigenvalue weighted by molar-refractivity contribution is -0.122. The fraction of sp³-hybridized carbons (Fsp3) is 0.550. The quantitative estimate of drug-likeness (QED) is 0.709. The predicted octanol–water partition coefficient (Wildman–Crippen LogP) is 4.57. The predicted molar refractivity (Wildman–Crippen MR) is 87.3 cm³/mol. The number of hydrogen-bond donors (Lipinski definition) is 0. The van der Waals surface area contributed by atoms with Crippen LogP contribution in [0, 0.1) is 5.41 Å². The number of carbonyl (C=O) groups is 1. The molecular weight excluding hydrogens is 272 g/mol. The molecule has 3 aliphatic carbocycles. The van der Waals surface area contributed by atoms with Crippen molar-refractivity contribution in [1.82, 2.24) is 0 Å². The summed E-state index contributed by atoms with van der Waals surface area (Å²) < 4.78 is 5.38. The molecule has 116 valence electrons. The number of benzene rings is 1. The molecule has 1 aromatic carbocycles. The Balaban J connectivity index is 1.77. The van der Waals surface area contributed by atoms with Crippen molar-refractivity contribution in [3.05, 3.63) is 40.5 Å². The molecule has 0 aromatic heterocycles. The highest BCUT2D eigenvalue weighted by Crippen LogP contribution is 2.55. The van der Waals surface area contributed by atoms with Crippen LogP contribution in [0.3, 0.4) is 0 Å². The van der Waals surface area contributed by atoms with Gasteiger partial charge in [0.25, 0.3) is 0 Å². The lowest BCUT2D eigenvalue weighted by atomic mass is 9.58. The molecule has 2 atom stereocenters. The van der Waals surface area contributed by atoms with Crippen LogP contribution in [-0.4, -0.2) is 12.9 Å². The maximum Gasteiger partial charge on any atom is 0.134 e. The summed E-state index contributed by atoms with van der Waals surface area (Å²) in [7, 11) is 1.74. The summed E-state index contributed by atoms with van der Waals surface area (Å²) in [5.74, 6) is 2.02. The van der Waals surface area contributed by atoms with Gasteiger partial charge in [-0.1, -0.05) is 24.1 Å². The third-order valence-electron chi connectivity index (χ3n) is 6.15. The molecule has 2 nitrogen and oxygen atoms in total. The number of Topliss-reactive ketones (excluding diaryl/α,β-unsaturated/α-hetero) is 1. The van der Waals surface area contributed by atoms with Gasteiger partial charge in [-0.15, -0.1) is 0 Å². The lowest BCUT2D eigenvalue weighted by Crippen LogP contribution is -2.35. The highest BCUT2D eigenvalue weighted by molar-refractivity contribution is 5.81. The van der Waals surface area contributed by atoms with Crippen molar-refractivity contribution in [3.63, 3.8) is 0 Å². The highest BCUT2D eigenvalue weighted by atomic mass is 16.5. The first-order chi connectivity index (χ1) is 10.6. The first kappa shape index (κ1) is 14.0. The zero-order chi connectivity index (χ0) is 15.3. The van der Waals surface area contributed by atoms with Gasteiger partial charge in [-0.2, -0.15) is 0 Å². The Morgan fingerprint density at radius 3 is 2.86 bits per heavy atom. The molecular formula is C20H24O2. The van der Waals surface area contributed by atoms with E-state index in [9.17, 15) is 4.79 Å². The molecule has 0 N–H and O–H groups in total. The summed E-state index contributed by atoms with van der Waals surface area (Å²) in [4.78, 5) is 11.9. The number of carbonyl (C=O) groups excluding carboxylic acids is 1. The average Bonchev–Trinajstić information content (AvgIpc) is 2.52. The summed E-state index contributed by atoms with van der Waals surface area (Å²) in [6, 6.07) is 6.59. The van der Waals surface area contributed by atoms with Crippen LogP contribution in [-0.2, 0) is 11.2 Å². The molecule has 0 saturated heterocycles. The standard InChI is InChI=1S/C20H24O2/c1-20-10-9-17-16-7-5-15(22-2)11-13(16)3-6-18(17)19(20)8-4-14(21)12-20/h5,7,11,17H,3-4,6,8-10,12H2,1-2H3. The van der Waals surface area contributed by atoms with Gasteiger partial charge in [-0.25, -0.2) is 0 Å².